The Bertz CT molecular complexity index is 653. The van der Waals surface area contributed by atoms with Crippen molar-refractivity contribution in [3.05, 3.63) is 56.8 Å². The van der Waals surface area contributed by atoms with E-state index in [1.54, 1.807) is 12.1 Å². The van der Waals surface area contributed by atoms with Crippen LogP contribution in [0.15, 0.2) is 46.0 Å². The second-order valence-electron chi connectivity index (χ2n) is 3.40. The maximum Gasteiger partial charge on any atom is 0.234 e. The molecule has 0 saturated carbocycles. The van der Waals surface area contributed by atoms with Crippen molar-refractivity contribution in [2.45, 2.75) is 0 Å². The summed E-state index contributed by atoms with van der Waals surface area (Å²) < 4.78 is 0. The van der Waals surface area contributed by atoms with Crippen molar-refractivity contribution in [2.75, 3.05) is 0 Å². The largest absolute Gasteiger partial charge is 0.285 e. The Balaban J connectivity index is 2.61. The van der Waals surface area contributed by atoms with E-state index in [9.17, 15) is 9.59 Å². The third kappa shape index (κ3) is 0.752. The van der Waals surface area contributed by atoms with Gasteiger partial charge in [0.15, 0.2) is 0 Å². The lowest BCUT2D eigenvalue weighted by atomic mass is 10.00. The second kappa shape index (κ2) is 2.29. The third-order valence-electron chi connectivity index (χ3n) is 2.58. The lowest BCUT2D eigenvalue weighted by Gasteiger charge is -2.01. The minimum atomic E-state index is -0.356. The van der Waals surface area contributed by atoms with Gasteiger partial charge in [-0.1, -0.05) is 24.3 Å². The molecule has 0 aliphatic rings. The van der Waals surface area contributed by atoms with Crippen LogP contribution in [0.25, 0.3) is 21.5 Å². The van der Waals surface area contributed by atoms with E-state index >= 15 is 0 Å². The number of benzene rings is 2. The minimum Gasteiger partial charge on any atom is -0.285 e. The standard InChI is InChI=1S/C12H6O2/c13-11-9-5-7-3-1-2-4-8(7)6-10(9)12(11)14/h1-6H. The van der Waals surface area contributed by atoms with Crippen molar-refractivity contribution in [3.63, 3.8) is 0 Å². The SMILES string of the molecule is O=c1c(=O)c2cc3ccccc3cc12. The Morgan fingerprint density at radius 2 is 1.14 bits per heavy atom. The highest BCUT2D eigenvalue weighted by atomic mass is 16.2. The quantitative estimate of drug-likeness (QED) is 0.495. The molecule has 0 radical (unpaired) electrons. The third-order valence-corrected chi connectivity index (χ3v) is 2.58. The molecule has 0 fully saturated rings. The first kappa shape index (κ1) is 7.44. The molecule has 0 spiro atoms. The van der Waals surface area contributed by atoms with Crippen LogP contribution in [0.2, 0.25) is 0 Å². The first-order chi connectivity index (χ1) is 6.77. The predicted octanol–water partition coefficient (Wildman–Crippen LogP) is 1.59. The van der Waals surface area contributed by atoms with E-state index in [2.05, 4.69) is 0 Å². The van der Waals surface area contributed by atoms with Crippen molar-refractivity contribution in [2.24, 2.45) is 0 Å². The predicted molar refractivity (Wildman–Crippen MR) is 56.4 cm³/mol. The summed E-state index contributed by atoms with van der Waals surface area (Å²) in [7, 11) is 0. The molecular weight excluding hydrogens is 176 g/mol. The van der Waals surface area contributed by atoms with Gasteiger partial charge in [-0.25, -0.2) is 0 Å². The Morgan fingerprint density at radius 1 is 0.714 bits per heavy atom. The lowest BCUT2D eigenvalue weighted by molar-refractivity contribution is 1.55. The van der Waals surface area contributed by atoms with E-state index in [4.69, 9.17) is 0 Å². The first-order valence-corrected chi connectivity index (χ1v) is 4.39. The van der Waals surface area contributed by atoms with Crippen molar-refractivity contribution >= 4 is 21.5 Å². The molecule has 3 aromatic carbocycles. The van der Waals surface area contributed by atoms with Crippen LogP contribution < -0.4 is 10.9 Å². The highest BCUT2D eigenvalue weighted by molar-refractivity contribution is 6.00. The summed E-state index contributed by atoms with van der Waals surface area (Å²) in [4.78, 5) is 22.3. The summed E-state index contributed by atoms with van der Waals surface area (Å²) in [5.41, 5.74) is -0.712. The summed E-state index contributed by atoms with van der Waals surface area (Å²) in [5, 5.41) is 3.14. The van der Waals surface area contributed by atoms with Crippen molar-refractivity contribution in [1.29, 1.82) is 0 Å². The first-order valence-electron chi connectivity index (χ1n) is 4.39. The Labute approximate surface area is 79.1 Å². The van der Waals surface area contributed by atoms with Crippen LogP contribution >= 0.6 is 0 Å². The molecule has 2 heteroatoms. The van der Waals surface area contributed by atoms with Gasteiger partial charge in [0.25, 0.3) is 0 Å². The molecule has 66 valence electrons. The highest BCUT2D eigenvalue weighted by Gasteiger charge is 2.12. The summed E-state index contributed by atoms with van der Waals surface area (Å²) in [5.74, 6) is 0. The topological polar surface area (TPSA) is 34.1 Å². The molecule has 3 rings (SSSR count). The zero-order valence-corrected chi connectivity index (χ0v) is 7.28. The van der Waals surface area contributed by atoms with E-state index in [1.165, 1.54) is 0 Å². The van der Waals surface area contributed by atoms with E-state index in [1.807, 2.05) is 24.3 Å². The molecular formula is C12H6O2. The van der Waals surface area contributed by atoms with E-state index in [0.29, 0.717) is 10.8 Å². The molecule has 2 nitrogen and oxygen atoms in total. The molecule has 0 aliphatic heterocycles. The maximum absolute atomic E-state index is 11.1. The summed E-state index contributed by atoms with van der Waals surface area (Å²) in [6, 6.07) is 11.3. The number of fused-ring (bicyclic) bond motifs is 2. The zero-order chi connectivity index (χ0) is 9.71. The normalized spacial score (nSPS) is 11.4. The molecule has 0 atom stereocenters. The van der Waals surface area contributed by atoms with Crippen LogP contribution in [-0.2, 0) is 0 Å². The van der Waals surface area contributed by atoms with Gasteiger partial charge in [-0.2, -0.15) is 0 Å². The lowest BCUT2D eigenvalue weighted by Crippen LogP contribution is -2.30. The fourth-order valence-electron chi connectivity index (χ4n) is 1.80. The van der Waals surface area contributed by atoms with Crippen molar-refractivity contribution < 1.29 is 0 Å². The number of hydrogen-bond acceptors (Lipinski definition) is 2. The van der Waals surface area contributed by atoms with E-state index < -0.39 is 0 Å². The van der Waals surface area contributed by atoms with Crippen LogP contribution in [0.1, 0.15) is 0 Å². The Hall–Kier alpha value is -1.96. The van der Waals surface area contributed by atoms with Gasteiger partial charge in [0.2, 0.25) is 10.9 Å². The highest BCUT2D eigenvalue weighted by Crippen LogP contribution is 2.19. The van der Waals surface area contributed by atoms with E-state index in [-0.39, 0.29) is 10.9 Å². The van der Waals surface area contributed by atoms with Crippen LogP contribution in [-0.4, -0.2) is 0 Å². The summed E-state index contributed by atoms with van der Waals surface area (Å²) >= 11 is 0. The van der Waals surface area contributed by atoms with E-state index in [0.717, 1.165) is 10.8 Å². The number of rotatable bonds is 0. The molecule has 0 aliphatic carbocycles. The Morgan fingerprint density at radius 3 is 1.57 bits per heavy atom. The van der Waals surface area contributed by atoms with Gasteiger partial charge in [0, 0.05) is 10.8 Å². The van der Waals surface area contributed by atoms with Gasteiger partial charge < -0.3 is 0 Å². The van der Waals surface area contributed by atoms with Gasteiger partial charge in [-0.15, -0.1) is 0 Å². The van der Waals surface area contributed by atoms with Crippen molar-refractivity contribution in [3.8, 4) is 0 Å². The number of hydrogen-bond donors (Lipinski definition) is 0. The summed E-state index contributed by atoms with van der Waals surface area (Å²) in [6.07, 6.45) is 0. The maximum atomic E-state index is 11.1. The molecule has 0 aromatic heterocycles. The van der Waals surface area contributed by atoms with Crippen LogP contribution in [0.5, 0.6) is 0 Å². The fourth-order valence-corrected chi connectivity index (χ4v) is 1.80. The molecule has 0 saturated heterocycles. The molecule has 3 aromatic rings. The van der Waals surface area contributed by atoms with Crippen LogP contribution in [0.4, 0.5) is 0 Å². The smallest absolute Gasteiger partial charge is 0.234 e. The van der Waals surface area contributed by atoms with Crippen molar-refractivity contribution in [1.82, 2.24) is 0 Å². The fraction of sp³-hybridized carbons (Fsp3) is 0. The average molecular weight is 182 g/mol. The Kier molecular flexibility index (Phi) is 1.22. The zero-order valence-electron chi connectivity index (χ0n) is 7.28. The second-order valence-corrected chi connectivity index (χ2v) is 3.40. The van der Waals surface area contributed by atoms with Gasteiger partial charge in [0.05, 0.1) is 0 Å². The molecule has 0 amide bonds. The summed E-state index contributed by atoms with van der Waals surface area (Å²) in [6.45, 7) is 0. The molecule has 0 heterocycles. The molecule has 14 heavy (non-hydrogen) atoms. The average Bonchev–Trinajstić information content (AvgIpc) is 2.26. The van der Waals surface area contributed by atoms with Gasteiger partial charge >= 0.3 is 0 Å². The van der Waals surface area contributed by atoms with Gasteiger partial charge in [-0.05, 0) is 22.9 Å². The minimum absolute atomic E-state index is 0.356. The van der Waals surface area contributed by atoms with Crippen LogP contribution in [0.3, 0.4) is 0 Å². The van der Waals surface area contributed by atoms with Crippen LogP contribution in [0, 0.1) is 0 Å². The van der Waals surface area contributed by atoms with Gasteiger partial charge in [0.1, 0.15) is 0 Å². The molecule has 0 unspecified atom stereocenters. The molecule has 0 bridgehead atoms. The molecule has 0 N–H and O–H groups in total. The monoisotopic (exact) mass is 182 g/mol. The van der Waals surface area contributed by atoms with Gasteiger partial charge in [-0.3, -0.25) is 9.59 Å².